The molecular formula is C9H17N3O3Si. The molecule has 0 atom stereocenters. The second kappa shape index (κ2) is 5.22. The number of hydrogen-bond donors (Lipinski definition) is 1. The molecule has 0 bridgehead atoms. The van der Waals surface area contributed by atoms with Gasteiger partial charge in [0.15, 0.2) is 0 Å². The van der Waals surface area contributed by atoms with Crippen LogP contribution in [-0.2, 0) is 11.5 Å². The lowest BCUT2D eigenvalue weighted by molar-refractivity contribution is 0.0668. The van der Waals surface area contributed by atoms with E-state index >= 15 is 0 Å². The maximum atomic E-state index is 10.5. The quantitative estimate of drug-likeness (QED) is 0.601. The van der Waals surface area contributed by atoms with Crippen LogP contribution in [0.5, 0.6) is 0 Å². The Kier molecular flexibility index (Phi) is 4.19. The Hall–Kier alpha value is -1.21. The smallest absolute Gasteiger partial charge is 0.375 e. The van der Waals surface area contributed by atoms with Crippen molar-refractivity contribution < 1.29 is 14.6 Å². The summed E-state index contributed by atoms with van der Waals surface area (Å²) in [7, 11) is -1.07. The molecule has 6 nitrogen and oxygen atoms in total. The number of nitrogens with zero attached hydrogens (tertiary/aromatic N) is 3. The molecule has 7 heteroatoms. The van der Waals surface area contributed by atoms with E-state index in [-0.39, 0.29) is 12.6 Å². The standard InChI is InChI=1S/C9H17N3O3Si/c1-16(2,3)5-4-15-7-12-6-10-8(11-12)9(13)14/h6H,4-5,7H2,1-3H3,(H,13,14). The highest BCUT2D eigenvalue weighted by atomic mass is 28.3. The Labute approximate surface area is 95.3 Å². The normalized spacial score (nSPS) is 11.7. The summed E-state index contributed by atoms with van der Waals surface area (Å²) in [5, 5.41) is 12.3. The predicted octanol–water partition coefficient (Wildman–Crippen LogP) is 1.29. The topological polar surface area (TPSA) is 77.2 Å². The Morgan fingerprint density at radius 3 is 2.75 bits per heavy atom. The van der Waals surface area contributed by atoms with Crippen molar-refractivity contribution in [2.24, 2.45) is 0 Å². The average molecular weight is 243 g/mol. The van der Waals surface area contributed by atoms with Crippen molar-refractivity contribution in [2.45, 2.75) is 32.4 Å². The highest BCUT2D eigenvalue weighted by molar-refractivity contribution is 6.76. The van der Waals surface area contributed by atoms with Crippen molar-refractivity contribution in [3.05, 3.63) is 12.2 Å². The average Bonchev–Trinajstić information content (AvgIpc) is 2.59. The minimum atomic E-state index is -1.12. The third-order valence-corrected chi connectivity index (χ3v) is 3.65. The first-order chi connectivity index (χ1) is 7.38. The fraction of sp³-hybridized carbons (Fsp3) is 0.667. The lowest BCUT2D eigenvalue weighted by atomic mass is 10.7. The van der Waals surface area contributed by atoms with Crippen molar-refractivity contribution >= 4 is 14.0 Å². The van der Waals surface area contributed by atoms with Crippen LogP contribution in [0.25, 0.3) is 0 Å². The van der Waals surface area contributed by atoms with E-state index < -0.39 is 14.0 Å². The van der Waals surface area contributed by atoms with Crippen molar-refractivity contribution in [3.8, 4) is 0 Å². The molecule has 1 heterocycles. The molecule has 0 radical (unpaired) electrons. The number of rotatable bonds is 6. The molecular weight excluding hydrogens is 226 g/mol. The van der Waals surface area contributed by atoms with E-state index in [4.69, 9.17) is 9.84 Å². The molecule has 0 amide bonds. The SMILES string of the molecule is C[Si](C)(C)CCOCn1cnc(C(=O)O)n1. The third kappa shape index (κ3) is 4.54. The number of hydrogen-bond acceptors (Lipinski definition) is 4. The fourth-order valence-electron chi connectivity index (χ4n) is 0.991. The first-order valence-electron chi connectivity index (χ1n) is 5.09. The molecule has 1 aromatic rings. The Morgan fingerprint density at radius 2 is 2.25 bits per heavy atom. The van der Waals surface area contributed by atoms with Gasteiger partial charge in [0.25, 0.3) is 5.82 Å². The summed E-state index contributed by atoms with van der Waals surface area (Å²) in [6.45, 7) is 7.75. The van der Waals surface area contributed by atoms with E-state index in [1.54, 1.807) is 0 Å². The first-order valence-corrected chi connectivity index (χ1v) is 8.80. The van der Waals surface area contributed by atoms with Gasteiger partial charge in [0, 0.05) is 14.7 Å². The number of aromatic nitrogens is 3. The van der Waals surface area contributed by atoms with E-state index in [1.165, 1.54) is 11.0 Å². The lowest BCUT2D eigenvalue weighted by Crippen LogP contribution is -2.22. The van der Waals surface area contributed by atoms with E-state index in [1.807, 2.05) is 0 Å². The van der Waals surface area contributed by atoms with Gasteiger partial charge in [0.2, 0.25) is 0 Å². The Balaban J connectivity index is 2.30. The molecule has 0 unspecified atom stereocenters. The van der Waals surface area contributed by atoms with Gasteiger partial charge in [-0.2, -0.15) is 0 Å². The predicted molar refractivity (Wildman–Crippen MR) is 61.1 cm³/mol. The zero-order valence-corrected chi connectivity index (χ0v) is 10.8. The van der Waals surface area contributed by atoms with Crippen LogP contribution in [0.2, 0.25) is 25.7 Å². The molecule has 0 aliphatic rings. The largest absolute Gasteiger partial charge is 0.475 e. The summed E-state index contributed by atoms with van der Waals surface area (Å²) in [4.78, 5) is 14.1. The monoisotopic (exact) mass is 243 g/mol. The summed E-state index contributed by atoms with van der Waals surface area (Å²) in [5.74, 6) is -1.32. The van der Waals surface area contributed by atoms with Gasteiger partial charge >= 0.3 is 5.97 Å². The van der Waals surface area contributed by atoms with Crippen molar-refractivity contribution in [1.82, 2.24) is 14.8 Å². The van der Waals surface area contributed by atoms with Crippen LogP contribution < -0.4 is 0 Å². The van der Waals surface area contributed by atoms with E-state index in [0.717, 1.165) is 6.04 Å². The van der Waals surface area contributed by atoms with Gasteiger partial charge in [-0.05, 0) is 6.04 Å². The van der Waals surface area contributed by atoms with Gasteiger partial charge in [-0.25, -0.2) is 14.5 Å². The van der Waals surface area contributed by atoms with Crippen LogP contribution in [0, 0.1) is 0 Å². The Morgan fingerprint density at radius 1 is 1.56 bits per heavy atom. The fourth-order valence-corrected chi connectivity index (χ4v) is 1.75. The van der Waals surface area contributed by atoms with Gasteiger partial charge < -0.3 is 9.84 Å². The zero-order chi connectivity index (χ0) is 12.2. The zero-order valence-electron chi connectivity index (χ0n) is 9.80. The maximum absolute atomic E-state index is 10.5. The molecule has 0 fully saturated rings. The van der Waals surface area contributed by atoms with Crippen LogP contribution in [0.1, 0.15) is 10.6 Å². The van der Waals surface area contributed by atoms with E-state index in [9.17, 15) is 4.79 Å². The number of carboxylic acids is 1. The first kappa shape index (κ1) is 12.9. The van der Waals surface area contributed by atoms with Crippen LogP contribution in [0.15, 0.2) is 6.33 Å². The molecule has 1 rings (SSSR count). The summed E-state index contributed by atoms with van der Waals surface area (Å²) in [6.07, 6.45) is 1.36. The van der Waals surface area contributed by atoms with Crippen LogP contribution >= 0.6 is 0 Å². The minimum Gasteiger partial charge on any atom is -0.475 e. The highest BCUT2D eigenvalue weighted by Crippen LogP contribution is 2.07. The molecule has 16 heavy (non-hydrogen) atoms. The lowest BCUT2D eigenvalue weighted by Gasteiger charge is -2.15. The van der Waals surface area contributed by atoms with Gasteiger partial charge in [0.05, 0.1) is 0 Å². The molecule has 0 aromatic carbocycles. The summed E-state index contributed by atoms with van der Waals surface area (Å²) in [5.41, 5.74) is 0. The molecule has 0 saturated carbocycles. The Bertz CT molecular complexity index is 359. The van der Waals surface area contributed by atoms with E-state index in [2.05, 4.69) is 29.7 Å². The second-order valence-corrected chi connectivity index (χ2v) is 10.4. The molecule has 0 saturated heterocycles. The third-order valence-electron chi connectivity index (χ3n) is 1.95. The molecule has 1 N–H and O–H groups in total. The van der Waals surface area contributed by atoms with Gasteiger partial charge in [0.1, 0.15) is 13.1 Å². The van der Waals surface area contributed by atoms with Crippen molar-refractivity contribution in [3.63, 3.8) is 0 Å². The molecule has 90 valence electrons. The van der Waals surface area contributed by atoms with Gasteiger partial charge in [-0.1, -0.05) is 19.6 Å². The minimum absolute atomic E-state index is 0.200. The van der Waals surface area contributed by atoms with Crippen molar-refractivity contribution in [1.29, 1.82) is 0 Å². The van der Waals surface area contributed by atoms with Crippen LogP contribution in [0.4, 0.5) is 0 Å². The molecule has 1 aromatic heterocycles. The number of ether oxygens (including phenoxy) is 1. The van der Waals surface area contributed by atoms with E-state index in [0.29, 0.717) is 6.61 Å². The van der Waals surface area contributed by atoms with Crippen LogP contribution in [0.3, 0.4) is 0 Å². The number of aromatic carboxylic acids is 1. The highest BCUT2D eigenvalue weighted by Gasteiger charge is 2.12. The number of carboxylic acid groups (broad SMARTS) is 1. The summed E-state index contributed by atoms with van der Waals surface area (Å²) < 4.78 is 6.77. The maximum Gasteiger partial charge on any atom is 0.375 e. The molecule has 0 spiro atoms. The van der Waals surface area contributed by atoms with Crippen molar-refractivity contribution in [2.75, 3.05) is 6.61 Å². The van der Waals surface area contributed by atoms with Gasteiger partial charge in [-0.3, -0.25) is 0 Å². The van der Waals surface area contributed by atoms with Gasteiger partial charge in [-0.15, -0.1) is 5.10 Å². The molecule has 0 aliphatic heterocycles. The number of carbonyl (C=O) groups is 1. The van der Waals surface area contributed by atoms with Crippen LogP contribution in [-0.4, -0.2) is 40.5 Å². The summed E-state index contributed by atoms with van der Waals surface area (Å²) >= 11 is 0. The summed E-state index contributed by atoms with van der Waals surface area (Å²) in [6, 6.07) is 1.08. The molecule has 0 aliphatic carbocycles. The second-order valence-electron chi connectivity index (χ2n) is 4.76.